The number of pyridine rings is 1. The van der Waals surface area contributed by atoms with E-state index in [4.69, 9.17) is 22.7 Å². The molecule has 0 aromatic carbocycles. The summed E-state index contributed by atoms with van der Waals surface area (Å²) in [6.07, 6.45) is 2.56. The summed E-state index contributed by atoms with van der Waals surface area (Å²) in [6, 6.07) is 3.33. The lowest BCUT2D eigenvalue weighted by Crippen LogP contribution is -2.54. The van der Waals surface area contributed by atoms with Gasteiger partial charge in [-0.1, -0.05) is 19.1 Å². The molecule has 7 heteroatoms. The molecule has 1 aromatic rings. The average Bonchev–Trinajstić information content (AvgIpc) is 2.52. The van der Waals surface area contributed by atoms with Gasteiger partial charge in [0, 0.05) is 25.0 Å². The lowest BCUT2D eigenvalue weighted by atomic mass is 10.1. The van der Waals surface area contributed by atoms with E-state index in [2.05, 4.69) is 10.3 Å². The summed E-state index contributed by atoms with van der Waals surface area (Å²) in [5.41, 5.74) is 7.06. The number of thiocarbonyl (C=S) groups is 1. The molecular formula is C14H20N4O2S. The van der Waals surface area contributed by atoms with E-state index >= 15 is 0 Å². The third-order valence-corrected chi connectivity index (χ3v) is 3.52. The number of carbonyl (C=O) groups excluding carboxylic acids is 1. The molecule has 114 valence electrons. The van der Waals surface area contributed by atoms with Gasteiger partial charge in [-0.05, 0) is 18.6 Å². The molecule has 6 nitrogen and oxygen atoms in total. The molecule has 2 heterocycles. The fraction of sp³-hybridized carbons (Fsp3) is 0.500. The number of nitrogens with one attached hydrogen (secondary N) is 1. The van der Waals surface area contributed by atoms with Crippen LogP contribution < -0.4 is 16.0 Å². The summed E-state index contributed by atoms with van der Waals surface area (Å²) in [4.78, 5) is 18.6. The molecule has 1 amide bonds. The Bertz CT molecular complexity index is 523. The van der Waals surface area contributed by atoms with Gasteiger partial charge in [0.05, 0.1) is 18.9 Å². The van der Waals surface area contributed by atoms with Gasteiger partial charge in [0.1, 0.15) is 11.0 Å². The van der Waals surface area contributed by atoms with Crippen molar-refractivity contribution in [3.63, 3.8) is 0 Å². The van der Waals surface area contributed by atoms with Gasteiger partial charge in [-0.15, -0.1) is 0 Å². The van der Waals surface area contributed by atoms with E-state index in [1.807, 2.05) is 24.0 Å². The monoisotopic (exact) mass is 308 g/mol. The highest BCUT2D eigenvalue weighted by Gasteiger charge is 2.29. The molecule has 1 aliphatic rings. The van der Waals surface area contributed by atoms with Crippen LogP contribution in [0.3, 0.4) is 0 Å². The Balaban J connectivity index is 2.20. The number of anilines is 1. The van der Waals surface area contributed by atoms with E-state index in [9.17, 15) is 4.79 Å². The van der Waals surface area contributed by atoms with Crippen molar-refractivity contribution in [2.75, 3.05) is 31.2 Å². The van der Waals surface area contributed by atoms with Crippen LogP contribution in [-0.2, 0) is 9.53 Å². The third kappa shape index (κ3) is 3.89. The highest BCUT2D eigenvalue weighted by Crippen LogP contribution is 2.20. The summed E-state index contributed by atoms with van der Waals surface area (Å²) < 4.78 is 5.44. The molecule has 1 unspecified atom stereocenters. The number of morpholine rings is 1. The predicted molar refractivity (Wildman–Crippen MR) is 85.4 cm³/mol. The number of ether oxygens (including phenoxy) is 1. The molecule has 1 fully saturated rings. The lowest BCUT2D eigenvalue weighted by molar-refractivity contribution is -0.124. The maximum absolute atomic E-state index is 12.3. The minimum absolute atomic E-state index is 0.0229. The first kappa shape index (κ1) is 15.7. The van der Waals surface area contributed by atoms with Crippen LogP contribution in [-0.4, -0.2) is 48.2 Å². The largest absolute Gasteiger partial charge is 0.388 e. The number of nitrogens with zero attached hydrogens (tertiary/aromatic N) is 2. The van der Waals surface area contributed by atoms with Gasteiger partial charge in [-0.3, -0.25) is 9.78 Å². The van der Waals surface area contributed by atoms with Crippen molar-refractivity contribution < 1.29 is 9.53 Å². The second-order valence-corrected chi connectivity index (χ2v) is 5.28. The number of amides is 1. The summed E-state index contributed by atoms with van der Waals surface area (Å²) in [6.45, 7) is 4.29. The SMILES string of the molecule is CCCNC(=O)C1COCCN1c1ccnc(C(N)=S)c1. The molecule has 0 spiro atoms. The fourth-order valence-electron chi connectivity index (χ4n) is 2.23. The van der Waals surface area contributed by atoms with Gasteiger partial charge in [0.25, 0.3) is 0 Å². The van der Waals surface area contributed by atoms with Crippen LogP contribution in [0, 0.1) is 0 Å². The normalized spacial score (nSPS) is 18.3. The molecule has 1 saturated heterocycles. The van der Waals surface area contributed by atoms with Gasteiger partial charge >= 0.3 is 0 Å². The first-order valence-electron chi connectivity index (χ1n) is 7.01. The number of hydrogen-bond acceptors (Lipinski definition) is 5. The van der Waals surface area contributed by atoms with E-state index in [1.165, 1.54) is 0 Å². The predicted octanol–water partition coefficient (Wildman–Crippen LogP) is 0.447. The van der Waals surface area contributed by atoms with Crippen molar-refractivity contribution in [3.8, 4) is 0 Å². The molecule has 0 saturated carbocycles. The van der Waals surface area contributed by atoms with Gasteiger partial charge in [0.15, 0.2) is 0 Å². The number of carbonyl (C=O) groups is 1. The van der Waals surface area contributed by atoms with Crippen LogP contribution in [0.15, 0.2) is 18.3 Å². The average molecular weight is 308 g/mol. The highest BCUT2D eigenvalue weighted by molar-refractivity contribution is 7.80. The Hall–Kier alpha value is -1.73. The van der Waals surface area contributed by atoms with E-state index in [1.54, 1.807) is 6.20 Å². The number of aromatic nitrogens is 1. The van der Waals surface area contributed by atoms with E-state index in [0.29, 0.717) is 32.0 Å². The molecule has 21 heavy (non-hydrogen) atoms. The van der Waals surface area contributed by atoms with Crippen LogP contribution >= 0.6 is 12.2 Å². The van der Waals surface area contributed by atoms with Crippen LogP contribution in [0.2, 0.25) is 0 Å². The molecular weight excluding hydrogens is 288 g/mol. The zero-order valence-electron chi connectivity index (χ0n) is 12.0. The molecule has 1 atom stereocenters. The summed E-state index contributed by atoms with van der Waals surface area (Å²) in [5.74, 6) is -0.0229. The van der Waals surface area contributed by atoms with Crippen molar-refractivity contribution >= 4 is 28.8 Å². The molecule has 0 radical (unpaired) electrons. The smallest absolute Gasteiger partial charge is 0.245 e. The Morgan fingerprint density at radius 1 is 1.67 bits per heavy atom. The molecule has 1 aromatic heterocycles. The maximum atomic E-state index is 12.3. The first-order valence-corrected chi connectivity index (χ1v) is 7.42. The van der Waals surface area contributed by atoms with Crippen LogP contribution in [0.1, 0.15) is 19.0 Å². The minimum Gasteiger partial charge on any atom is -0.388 e. The highest BCUT2D eigenvalue weighted by atomic mass is 32.1. The van der Waals surface area contributed by atoms with Gasteiger partial charge in [0.2, 0.25) is 5.91 Å². The minimum atomic E-state index is -0.341. The van der Waals surface area contributed by atoms with E-state index in [0.717, 1.165) is 12.1 Å². The number of nitrogens with two attached hydrogens (primary N) is 1. The number of hydrogen-bond donors (Lipinski definition) is 2. The zero-order valence-corrected chi connectivity index (χ0v) is 12.9. The Labute approximate surface area is 129 Å². The zero-order chi connectivity index (χ0) is 15.2. The Morgan fingerprint density at radius 3 is 3.19 bits per heavy atom. The molecule has 0 bridgehead atoms. The van der Waals surface area contributed by atoms with Crippen molar-refractivity contribution in [2.24, 2.45) is 5.73 Å². The summed E-state index contributed by atoms with van der Waals surface area (Å²) >= 11 is 4.95. The number of rotatable bonds is 5. The van der Waals surface area contributed by atoms with Crippen LogP contribution in [0.25, 0.3) is 0 Å². The second-order valence-electron chi connectivity index (χ2n) is 4.84. The molecule has 0 aliphatic carbocycles. The Kier molecular flexibility index (Phi) is 5.46. The molecule has 1 aliphatic heterocycles. The molecule has 2 rings (SSSR count). The van der Waals surface area contributed by atoms with Gasteiger partial charge in [-0.2, -0.15) is 0 Å². The van der Waals surface area contributed by atoms with Crippen molar-refractivity contribution in [1.29, 1.82) is 0 Å². The second kappa shape index (κ2) is 7.33. The quantitative estimate of drug-likeness (QED) is 0.769. The van der Waals surface area contributed by atoms with Crippen molar-refractivity contribution in [2.45, 2.75) is 19.4 Å². The van der Waals surface area contributed by atoms with Crippen LogP contribution in [0.4, 0.5) is 5.69 Å². The maximum Gasteiger partial charge on any atom is 0.245 e. The Morgan fingerprint density at radius 2 is 2.48 bits per heavy atom. The molecule has 3 N–H and O–H groups in total. The summed E-state index contributed by atoms with van der Waals surface area (Å²) in [5, 5.41) is 2.91. The van der Waals surface area contributed by atoms with Crippen LogP contribution in [0.5, 0.6) is 0 Å². The topological polar surface area (TPSA) is 80.5 Å². The lowest BCUT2D eigenvalue weighted by Gasteiger charge is -2.36. The van der Waals surface area contributed by atoms with Gasteiger partial charge < -0.3 is 20.7 Å². The van der Waals surface area contributed by atoms with E-state index < -0.39 is 0 Å². The fourth-order valence-corrected chi connectivity index (χ4v) is 2.34. The van der Waals surface area contributed by atoms with Crippen molar-refractivity contribution in [1.82, 2.24) is 10.3 Å². The van der Waals surface area contributed by atoms with Crippen molar-refractivity contribution in [3.05, 3.63) is 24.0 Å². The summed E-state index contributed by atoms with van der Waals surface area (Å²) in [7, 11) is 0. The third-order valence-electron chi connectivity index (χ3n) is 3.31. The first-order chi connectivity index (χ1) is 10.1. The van der Waals surface area contributed by atoms with Gasteiger partial charge in [-0.25, -0.2) is 0 Å². The standard InChI is InChI=1S/C14H20N4O2S/c1-2-4-17-14(19)12-9-20-7-6-18(12)10-3-5-16-11(8-10)13(15)21/h3,5,8,12H,2,4,6-7,9H2,1H3,(H2,15,21)(H,17,19). The van der Waals surface area contributed by atoms with E-state index in [-0.39, 0.29) is 16.9 Å².